The molecule has 0 spiro atoms. The van der Waals surface area contributed by atoms with Crippen molar-refractivity contribution >= 4 is 5.78 Å². The molecule has 0 N–H and O–H groups in total. The van der Waals surface area contributed by atoms with E-state index >= 15 is 0 Å². The minimum Gasteiger partial charge on any atom is -0.486 e. The van der Waals surface area contributed by atoms with Crippen LogP contribution in [0.1, 0.15) is 13.8 Å². The Balaban J connectivity index is 3.66. The van der Waals surface area contributed by atoms with E-state index in [0.29, 0.717) is 5.76 Å². The van der Waals surface area contributed by atoms with Gasteiger partial charge in [0, 0.05) is 0 Å². The third-order valence-corrected chi connectivity index (χ3v) is 0.928. The monoisotopic (exact) mass is 140 g/mol. The summed E-state index contributed by atoms with van der Waals surface area (Å²) in [6.07, 6.45) is 3.33. The highest BCUT2D eigenvalue weighted by Gasteiger charge is 1.93. The summed E-state index contributed by atoms with van der Waals surface area (Å²) in [5, 5.41) is 0. The Morgan fingerprint density at radius 3 is 2.60 bits per heavy atom. The normalized spacial score (nSPS) is 10.8. The molecular weight excluding hydrogens is 128 g/mol. The first-order chi connectivity index (χ1) is 4.70. The highest BCUT2D eigenvalue weighted by Crippen LogP contribution is 1.96. The number of carbonyl (C=O) groups is 1. The Morgan fingerprint density at radius 1 is 1.70 bits per heavy atom. The number of carbonyl (C=O) groups excluding carboxylic acids is 1. The Morgan fingerprint density at radius 2 is 2.30 bits per heavy atom. The fourth-order valence-corrected chi connectivity index (χ4v) is 0.445. The highest BCUT2D eigenvalue weighted by molar-refractivity contribution is 5.76. The van der Waals surface area contributed by atoms with Crippen LogP contribution in [0.4, 0.5) is 0 Å². The molecule has 0 fully saturated rings. The average Bonchev–Trinajstić information content (AvgIpc) is 1.90. The van der Waals surface area contributed by atoms with Gasteiger partial charge in [-0.2, -0.15) is 0 Å². The van der Waals surface area contributed by atoms with Gasteiger partial charge in [0.2, 0.25) is 0 Å². The van der Waals surface area contributed by atoms with Crippen LogP contribution in [0.15, 0.2) is 24.5 Å². The van der Waals surface area contributed by atoms with E-state index in [1.165, 1.54) is 6.92 Å². The van der Waals surface area contributed by atoms with E-state index in [1.54, 1.807) is 12.2 Å². The smallest absolute Gasteiger partial charge is 0.167 e. The van der Waals surface area contributed by atoms with Crippen molar-refractivity contribution in [3.8, 4) is 0 Å². The minimum atomic E-state index is 0.0150. The number of ketones is 1. The standard InChI is InChI=1S/C8H12O2/c1-4-8(5-2)10-6-7(3)9/h4-5H,1,6H2,2-3H3/b8-5+. The third-order valence-electron chi connectivity index (χ3n) is 0.928. The highest BCUT2D eigenvalue weighted by atomic mass is 16.5. The van der Waals surface area contributed by atoms with E-state index in [1.807, 2.05) is 6.92 Å². The largest absolute Gasteiger partial charge is 0.486 e. The molecule has 0 bridgehead atoms. The molecule has 0 saturated carbocycles. The van der Waals surface area contributed by atoms with Gasteiger partial charge in [-0.1, -0.05) is 6.58 Å². The zero-order valence-corrected chi connectivity index (χ0v) is 6.39. The molecule has 0 saturated heterocycles. The van der Waals surface area contributed by atoms with Crippen molar-refractivity contribution < 1.29 is 9.53 Å². The van der Waals surface area contributed by atoms with E-state index in [-0.39, 0.29) is 12.4 Å². The molecule has 2 heteroatoms. The zero-order valence-electron chi connectivity index (χ0n) is 6.39. The topological polar surface area (TPSA) is 26.3 Å². The quantitative estimate of drug-likeness (QED) is 0.438. The first-order valence-corrected chi connectivity index (χ1v) is 3.11. The van der Waals surface area contributed by atoms with Crippen molar-refractivity contribution in [2.45, 2.75) is 13.8 Å². The molecular formula is C8H12O2. The zero-order chi connectivity index (χ0) is 7.98. The van der Waals surface area contributed by atoms with Crippen LogP contribution < -0.4 is 0 Å². The minimum absolute atomic E-state index is 0.0150. The summed E-state index contributed by atoms with van der Waals surface area (Å²) >= 11 is 0. The summed E-state index contributed by atoms with van der Waals surface area (Å²) in [7, 11) is 0. The van der Waals surface area contributed by atoms with Gasteiger partial charge < -0.3 is 4.74 Å². The molecule has 0 aliphatic heterocycles. The maximum atomic E-state index is 10.4. The number of allylic oxidation sites excluding steroid dienone is 2. The van der Waals surface area contributed by atoms with Crippen molar-refractivity contribution in [3.05, 3.63) is 24.5 Å². The van der Waals surface area contributed by atoms with Crippen LogP contribution in [0.5, 0.6) is 0 Å². The summed E-state index contributed by atoms with van der Waals surface area (Å²) in [6, 6.07) is 0. The van der Waals surface area contributed by atoms with Gasteiger partial charge in [0.15, 0.2) is 5.78 Å². The van der Waals surface area contributed by atoms with Gasteiger partial charge in [0.25, 0.3) is 0 Å². The van der Waals surface area contributed by atoms with E-state index in [9.17, 15) is 4.79 Å². The van der Waals surface area contributed by atoms with Gasteiger partial charge in [-0.15, -0.1) is 0 Å². The van der Waals surface area contributed by atoms with Crippen molar-refractivity contribution in [2.75, 3.05) is 6.61 Å². The van der Waals surface area contributed by atoms with Gasteiger partial charge in [0.05, 0.1) is 0 Å². The molecule has 2 nitrogen and oxygen atoms in total. The number of hydrogen-bond acceptors (Lipinski definition) is 2. The molecule has 0 unspecified atom stereocenters. The van der Waals surface area contributed by atoms with Crippen molar-refractivity contribution in [2.24, 2.45) is 0 Å². The Kier molecular flexibility index (Phi) is 4.29. The molecule has 56 valence electrons. The van der Waals surface area contributed by atoms with Crippen LogP contribution in [0, 0.1) is 0 Å². The van der Waals surface area contributed by atoms with Gasteiger partial charge in [-0.25, -0.2) is 0 Å². The Bertz CT molecular complexity index is 157. The number of rotatable bonds is 4. The van der Waals surface area contributed by atoms with Crippen LogP contribution in [-0.2, 0) is 9.53 Å². The number of ether oxygens (including phenoxy) is 1. The molecule has 0 aromatic heterocycles. The fourth-order valence-electron chi connectivity index (χ4n) is 0.445. The predicted octanol–water partition coefficient (Wildman–Crippen LogP) is 1.68. The summed E-state index contributed by atoms with van der Waals surface area (Å²) in [6.45, 7) is 6.95. The fraction of sp³-hybridized carbons (Fsp3) is 0.375. The van der Waals surface area contributed by atoms with E-state index in [2.05, 4.69) is 6.58 Å². The molecule has 0 amide bonds. The van der Waals surface area contributed by atoms with E-state index < -0.39 is 0 Å². The lowest BCUT2D eigenvalue weighted by Crippen LogP contribution is -2.02. The van der Waals surface area contributed by atoms with Crippen LogP contribution in [0.2, 0.25) is 0 Å². The first-order valence-electron chi connectivity index (χ1n) is 3.11. The summed E-state index contributed by atoms with van der Waals surface area (Å²) in [4.78, 5) is 10.4. The lowest BCUT2D eigenvalue weighted by atomic mass is 10.4. The van der Waals surface area contributed by atoms with E-state index in [0.717, 1.165) is 0 Å². The lowest BCUT2D eigenvalue weighted by Gasteiger charge is -2.01. The Hall–Kier alpha value is -1.05. The first kappa shape index (κ1) is 8.95. The summed E-state index contributed by atoms with van der Waals surface area (Å²) in [5.41, 5.74) is 0. The second-order valence-electron chi connectivity index (χ2n) is 1.89. The van der Waals surface area contributed by atoms with Crippen molar-refractivity contribution in [1.29, 1.82) is 0 Å². The lowest BCUT2D eigenvalue weighted by molar-refractivity contribution is -0.120. The molecule has 0 aromatic rings. The Labute approximate surface area is 61.2 Å². The second kappa shape index (κ2) is 4.79. The van der Waals surface area contributed by atoms with Crippen LogP contribution in [-0.4, -0.2) is 12.4 Å². The molecule has 0 rings (SSSR count). The maximum Gasteiger partial charge on any atom is 0.167 e. The van der Waals surface area contributed by atoms with Crippen LogP contribution in [0.25, 0.3) is 0 Å². The molecule has 0 aliphatic rings. The van der Waals surface area contributed by atoms with Crippen LogP contribution >= 0.6 is 0 Å². The number of Topliss-reactive ketones (excluding diaryl/α,β-unsaturated/α-hetero) is 1. The molecule has 10 heavy (non-hydrogen) atoms. The molecule has 0 atom stereocenters. The maximum absolute atomic E-state index is 10.4. The SMILES string of the molecule is C=C/C(=C\C)OCC(C)=O. The van der Waals surface area contributed by atoms with Crippen LogP contribution in [0.3, 0.4) is 0 Å². The van der Waals surface area contributed by atoms with Gasteiger partial charge in [-0.3, -0.25) is 4.79 Å². The summed E-state index contributed by atoms with van der Waals surface area (Å²) in [5.74, 6) is 0.663. The molecule has 0 aromatic carbocycles. The predicted molar refractivity (Wildman–Crippen MR) is 40.6 cm³/mol. The average molecular weight is 140 g/mol. The van der Waals surface area contributed by atoms with Gasteiger partial charge in [-0.05, 0) is 26.0 Å². The van der Waals surface area contributed by atoms with E-state index in [4.69, 9.17) is 4.74 Å². The summed E-state index contributed by atoms with van der Waals surface area (Å²) < 4.78 is 5.00. The molecule has 0 radical (unpaired) electrons. The molecule has 0 heterocycles. The molecule has 0 aliphatic carbocycles. The van der Waals surface area contributed by atoms with Gasteiger partial charge in [0.1, 0.15) is 12.4 Å². The number of hydrogen-bond donors (Lipinski definition) is 0. The van der Waals surface area contributed by atoms with Crippen molar-refractivity contribution in [3.63, 3.8) is 0 Å². The third kappa shape index (κ3) is 3.89. The second-order valence-corrected chi connectivity index (χ2v) is 1.89. The van der Waals surface area contributed by atoms with Crippen molar-refractivity contribution in [1.82, 2.24) is 0 Å². The van der Waals surface area contributed by atoms with Gasteiger partial charge >= 0.3 is 0 Å².